The molecule has 0 atom stereocenters. The fraction of sp³-hybridized carbons (Fsp3) is 0. The van der Waals surface area contributed by atoms with Gasteiger partial charge in [0.15, 0.2) is 11.6 Å². The van der Waals surface area contributed by atoms with Crippen molar-refractivity contribution in [2.45, 2.75) is 0 Å². The zero-order valence-electron chi connectivity index (χ0n) is 32.2. The molecule has 12 rings (SSSR count). The minimum Gasteiger partial charge on any atom is -0.292 e. The first kappa shape index (κ1) is 33.8. The predicted molar refractivity (Wildman–Crippen MR) is 243 cm³/mol. The Bertz CT molecular complexity index is 3570. The molecule has 0 radical (unpaired) electrons. The Morgan fingerprint density at radius 2 is 0.750 bits per heavy atom. The molecule has 3 heterocycles. The van der Waals surface area contributed by atoms with Gasteiger partial charge in [-0.05, 0) is 80.8 Å². The molecule has 0 spiro atoms. The maximum Gasteiger partial charge on any atom is 0.240 e. The predicted octanol–water partition coefficient (Wildman–Crippen LogP) is 12.7. The van der Waals surface area contributed by atoms with E-state index >= 15 is 0 Å². The molecule has 0 bridgehead atoms. The molecule has 0 amide bonds. The summed E-state index contributed by atoms with van der Waals surface area (Å²) in [5.74, 6) is 3.17. The maximum atomic E-state index is 5.30. The van der Waals surface area contributed by atoms with Gasteiger partial charge in [0.25, 0.3) is 0 Å². The van der Waals surface area contributed by atoms with Crippen molar-refractivity contribution in [3.05, 3.63) is 200 Å². The van der Waals surface area contributed by atoms with Gasteiger partial charge in [-0.15, -0.1) is 0 Å². The number of imidazole rings is 2. The molecule has 0 unspecified atom stereocenters. The largest absolute Gasteiger partial charge is 0.292 e. The summed E-state index contributed by atoms with van der Waals surface area (Å²) >= 11 is 0. The molecule has 0 saturated carbocycles. The number of rotatable bonds is 6. The van der Waals surface area contributed by atoms with Crippen LogP contribution in [0.5, 0.6) is 0 Å². The van der Waals surface area contributed by atoms with E-state index in [0.29, 0.717) is 17.6 Å². The van der Waals surface area contributed by atoms with Crippen molar-refractivity contribution in [3.8, 4) is 57.2 Å². The van der Waals surface area contributed by atoms with Gasteiger partial charge in [-0.1, -0.05) is 152 Å². The van der Waals surface area contributed by atoms with E-state index in [9.17, 15) is 0 Å². The number of fused-ring (bicyclic) bond motifs is 8. The van der Waals surface area contributed by atoms with Gasteiger partial charge in [0.2, 0.25) is 5.95 Å². The van der Waals surface area contributed by atoms with E-state index in [4.69, 9.17) is 24.9 Å². The summed E-state index contributed by atoms with van der Waals surface area (Å²) in [4.78, 5) is 26.2. The summed E-state index contributed by atoms with van der Waals surface area (Å²) in [5, 5.41) is 7.17. The fourth-order valence-electron chi connectivity index (χ4n) is 8.63. The molecule has 0 aliphatic heterocycles. The average Bonchev–Trinajstić information content (AvgIpc) is 3.92. The van der Waals surface area contributed by atoms with E-state index in [0.717, 1.165) is 67.0 Å². The Morgan fingerprint density at radius 1 is 0.283 bits per heavy atom. The summed E-state index contributed by atoms with van der Waals surface area (Å²) in [6.07, 6.45) is 0. The molecule has 0 fully saturated rings. The highest BCUT2D eigenvalue weighted by atomic mass is 15.2. The lowest BCUT2D eigenvalue weighted by Gasteiger charge is -2.14. The second-order valence-electron chi connectivity index (χ2n) is 14.9. The summed E-state index contributed by atoms with van der Waals surface area (Å²) in [6.45, 7) is 0. The van der Waals surface area contributed by atoms with Gasteiger partial charge < -0.3 is 0 Å². The number of benzene rings is 9. The van der Waals surface area contributed by atoms with Crippen molar-refractivity contribution in [1.82, 2.24) is 34.1 Å². The molecule has 7 nitrogen and oxygen atoms in total. The molecule has 280 valence electrons. The van der Waals surface area contributed by atoms with Gasteiger partial charge in [0, 0.05) is 27.9 Å². The van der Waals surface area contributed by atoms with Crippen LogP contribution in [0.2, 0.25) is 0 Å². The van der Waals surface area contributed by atoms with Crippen molar-refractivity contribution in [1.29, 1.82) is 0 Å². The SMILES string of the molecule is c1ccc(-c2nc3ccccc3n2-c2nc(-c3cccc(-c4nc5ccccc5n4-c4ccccc4)c3)nc(-c3ccc4c5ccccc5c5ccccc5c4c3)n2)cc1. The van der Waals surface area contributed by atoms with Crippen LogP contribution in [-0.4, -0.2) is 34.1 Å². The smallest absolute Gasteiger partial charge is 0.240 e. The normalized spacial score (nSPS) is 11.7. The van der Waals surface area contributed by atoms with Crippen molar-refractivity contribution in [2.24, 2.45) is 0 Å². The highest BCUT2D eigenvalue weighted by Crippen LogP contribution is 2.38. The van der Waals surface area contributed by atoms with Crippen LogP contribution in [0, 0.1) is 0 Å². The minimum absolute atomic E-state index is 0.480. The van der Waals surface area contributed by atoms with E-state index < -0.39 is 0 Å². The Labute approximate surface area is 344 Å². The lowest BCUT2D eigenvalue weighted by molar-refractivity contribution is 0.929. The molecule has 9 aromatic carbocycles. The van der Waals surface area contributed by atoms with Crippen molar-refractivity contribution < 1.29 is 0 Å². The molecule has 0 aliphatic carbocycles. The van der Waals surface area contributed by atoms with Gasteiger partial charge in [-0.2, -0.15) is 9.97 Å². The Balaban J connectivity index is 1.11. The fourth-order valence-corrected chi connectivity index (χ4v) is 8.63. The standard InChI is InChI=1S/C53H33N7/c1-3-16-34(17-4-1)51-54-46-27-12-14-29-48(46)60(51)53-57-49(35-18-15-19-37(32-35)52-55-45-26-11-13-28-47(45)59(52)38-20-5-2-6-21-38)56-50(58-53)36-30-31-43-41-24-8-7-22-39(41)40-23-9-10-25-42(40)44(43)33-36/h1-33H. The van der Waals surface area contributed by atoms with E-state index in [2.05, 4.69) is 161 Å². The third kappa shape index (κ3) is 5.48. The van der Waals surface area contributed by atoms with E-state index in [1.165, 1.54) is 26.9 Å². The maximum absolute atomic E-state index is 5.30. The van der Waals surface area contributed by atoms with Gasteiger partial charge >= 0.3 is 0 Å². The van der Waals surface area contributed by atoms with Gasteiger partial charge in [-0.3, -0.25) is 9.13 Å². The summed E-state index contributed by atoms with van der Waals surface area (Å²) < 4.78 is 4.27. The number of nitrogens with zero attached hydrogens (tertiary/aromatic N) is 7. The molecule has 12 aromatic rings. The lowest BCUT2D eigenvalue weighted by Crippen LogP contribution is -2.08. The monoisotopic (exact) mass is 767 g/mol. The van der Waals surface area contributed by atoms with E-state index in [1.807, 2.05) is 48.5 Å². The first-order valence-corrected chi connectivity index (χ1v) is 20.0. The van der Waals surface area contributed by atoms with Crippen LogP contribution in [0.3, 0.4) is 0 Å². The molecule has 0 saturated heterocycles. The second kappa shape index (κ2) is 13.7. The zero-order chi connectivity index (χ0) is 39.6. The summed E-state index contributed by atoms with van der Waals surface area (Å²) in [5.41, 5.74) is 8.38. The Morgan fingerprint density at radius 3 is 1.40 bits per heavy atom. The third-order valence-corrected chi connectivity index (χ3v) is 11.4. The number of hydrogen-bond acceptors (Lipinski definition) is 5. The number of para-hydroxylation sites is 5. The van der Waals surface area contributed by atoms with Crippen LogP contribution >= 0.6 is 0 Å². The van der Waals surface area contributed by atoms with Crippen molar-refractivity contribution >= 4 is 54.4 Å². The average molecular weight is 768 g/mol. The highest BCUT2D eigenvalue weighted by Gasteiger charge is 2.21. The number of hydrogen-bond donors (Lipinski definition) is 0. The quantitative estimate of drug-likeness (QED) is 0.158. The summed E-state index contributed by atoms with van der Waals surface area (Å²) in [7, 11) is 0. The first-order chi connectivity index (χ1) is 29.7. The molecule has 60 heavy (non-hydrogen) atoms. The third-order valence-electron chi connectivity index (χ3n) is 11.4. The van der Waals surface area contributed by atoms with Gasteiger partial charge in [0.05, 0.1) is 22.1 Å². The first-order valence-electron chi connectivity index (χ1n) is 20.0. The van der Waals surface area contributed by atoms with Gasteiger partial charge in [0.1, 0.15) is 11.6 Å². The van der Waals surface area contributed by atoms with Crippen molar-refractivity contribution in [3.63, 3.8) is 0 Å². The molecule has 7 heteroatoms. The number of aromatic nitrogens is 7. The molecular weight excluding hydrogens is 735 g/mol. The Kier molecular flexibility index (Phi) is 7.71. The lowest BCUT2D eigenvalue weighted by atomic mass is 9.93. The molecular formula is C53H33N7. The van der Waals surface area contributed by atoms with Crippen LogP contribution in [0.4, 0.5) is 0 Å². The van der Waals surface area contributed by atoms with E-state index in [1.54, 1.807) is 0 Å². The molecule has 0 N–H and O–H groups in total. The molecule has 3 aromatic heterocycles. The molecule has 0 aliphatic rings. The Hall–Kier alpha value is -8.29. The summed E-state index contributed by atoms with van der Waals surface area (Å²) in [6, 6.07) is 69.2. The van der Waals surface area contributed by atoms with Gasteiger partial charge in [-0.25, -0.2) is 15.0 Å². The van der Waals surface area contributed by atoms with Crippen molar-refractivity contribution in [2.75, 3.05) is 0 Å². The topological polar surface area (TPSA) is 74.3 Å². The second-order valence-corrected chi connectivity index (χ2v) is 14.9. The highest BCUT2D eigenvalue weighted by molar-refractivity contribution is 6.25. The van der Waals surface area contributed by atoms with Crippen LogP contribution in [0.15, 0.2) is 200 Å². The van der Waals surface area contributed by atoms with Crippen LogP contribution in [0.1, 0.15) is 0 Å². The van der Waals surface area contributed by atoms with Crippen LogP contribution in [-0.2, 0) is 0 Å². The minimum atomic E-state index is 0.480. The zero-order valence-corrected chi connectivity index (χ0v) is 32.2. The van der Waals surface area contributed by atoms with Crippen LogP contribution in [0.25, 0.3) is 112 Å². The van der Waals surface area contributed by atoms with Crippen LogP contribution < -0.4 is 0 Å². The van der Waals surface area contributed by atoms with E-state index in [-0.39, 0.29) is 0 Å².